The number of halogens is 1. The number of carbonyl (C=O) groups excluding carboxylic acids is 1. The molecule has 0 aliphatic heterocycles. The monoisotopic (exact) mass is 396 g/mol. The Labute approximate surface area is 166 Å². The summed E-state index contributed by atoms with van der Waals surface area (Å²) in [5.41, 5.74) is 2.35. The molecule has 1 heterocycles. The van der Waals surface area contributed by atoms with Gasteiger partial charge in [-0.2, -0.15) is 10.4 Å². The average molecular weight is 397 g/mol. The van der Waals surface area contributed by atoms with Gasteiger partial charge in [-0.1, -0.05) is 23.7 Å². The van der Waals surface area contributed by atoms with Crippen LogP contribution in [0.2, 0.25) is 5.02 Å². The number of phenolic OH excluding ortho intramolecular Hbond substituents is 1. The molecule has 0 spiro atoms. The third kappa shape index (κ3) is 5.69. The maximum atomic E-state index is 11.4. The number of aryl methyl sites for hydroxylation is 1. The molecule has 2 N–H and O–H groups in total. The Kier molecular flexibility index (Phi) is 7.31. The molecule has 1 aromatic heterocycles. The third-order valence-electron chi connectivity index (χ3n) is 3.58. The summed E-state index contributed by atoms with van der Waals surface area (Å²) < 4.78 is 1.43. The molecule has 0 bridgehead atoms. The van der Waals surface area contributed by atoms with Crippen LogP contribution in [0.3, 0.4) is 0 Å². The minimum Gasteiger partial charge on any atom is -0.508 e. The van der Waals surface area contributed by atoms with Gasteiger partial charge in [-0.25, -0.2) is 4.68 Å². The molecule has 3 rings (SSSR count). The molecule has 0 aliphatic carbocycles. The van der Waals surface area contributed by atoms with E-state index in [0.29, 0.717) is 29.2 Å². The molecular formula is C20H17ClN4O3. The second-order valence-corrected chi connectivity index (χ2v) is 5.96. The van der Waals surface area contributed by atoms with Gasteiger partial charge in [0.2, 0.25) is 6.41 Å². The Morgan fingerprint density at radius 2 is 1.93 bits per heavy atom. The summed E-state index contributed by atoms with van der Waals surface area (Å²) in [6, 6.07) is 16.6. The first-order chi connectivity index (χ1) is 13.5. The van der Waals surface area contributed by atoms with E-state index in [1.54, 1.807) is 18.2 Å². The quantitative estimate of drug-likeness (QED) is 0.657. The second-order valence-electron chi connectivity index (χ2n) is 5.52. The van der Waals surface area contributed by atoms with Crippen LogP contribution in [0.1, 0.15) is 12.5 Å². The van der Waals surface area contributed by atoms with Crippen molar-refractivity contribution in [2.75, 3.05) is 5.32 Å². The first kappa shape index (κ1) is 20.7. The highest BCUT2D eigenvalue weighted by atomic mass is 35.5. The number of aromatic hydroxyl groups is 1. The number of carbonyl (C=O) groups is 1. The largest absolute Gasteiger partial charge is 0.508 e. The van der Waals surface area contributed by atoms with Gasteiger partial charge in [0.15, 0.2) is 0 Å². The van der Waals surface area contributed by atoms with Gasteiger partial charge in [0.1, 0.15) is 5.75 Å². The lowest BCUT2D eigenvalue weighted by Crippen LogP contribution is -2.20. The Morgan fingerprint density at radius 3 is 2.54 bits per heavy atom. The van der Waals surface area contributed by atoms with E-state index < -0.39 is 0 Å². The van der Waals surface area contributed by atoms with Crippen LogP contribution < -0.4 is 10.9 Å². The minimum atomic E-state index is -0.0831. The normalized spacial score (nSPS) is 9.61. The van der Waals surface area contributed by atoms with Gasteiger partial charge >= 0.3 is 0 Å². The van der Waals surface area contributed by atoms with Crippen LogP contribution >= 0.6 is 11.6 Å². The number of nitrogens with one attached hydrogen (secondary N) is 1. The van der Waals surface area contributed by atoms with Crippen molar-refractivity contribution in [2.24, 2.45) is 0 Å². The number of nitrogens with zero attached hydrogens (tertiary/aromatic N) is 3. The van der Waals surface area contributed by atoms with E-state index in [1.807, 2.05) is 25.1 Å². The molecule has 142 valence electrons. The molecule has 3 aromatic rings. The Bertz CT molecular complexity index is 1060. The zero-order valence-corrected chi connectivity index (χ0v) is 15.7. The smallest absolute Gasteiger partial charge is 0.266 e. The Morgan fingerprint density at radius 1 is 1.21 bits per heavy atom. The van der Waals surface area contributed by atoms with Crippen molar-refractivity contribution in [3.63, 3.8) is 0 Å². The van der Waals surface area contributed by atoms with E-state index in [-0.39, 0.29) is 11.3 Å². The highest BCUT2D eigenvalue weighted by molar-refractivity contribution is 6.30. The van der Waals surface area contributed by atoms with Crippen molar-refractivity contribution in [3.05, 3.63) is 75.5 Å². The summed E-state index contributed by atoms with van der Waals surface area (Å²) in [7, 11) is 0. The molecule has 0 radical (unpaired) electrons. The molecule has 28 heavy (non-hydrogen) atoms. The molecular weight excluding hydrogens is 380 g/mol. The molecule has 0 unspecified atom stereocenters. The van der Waals surface area contributed by atoms with E-state index in [2.05, 4.69) is 10.4 Å². The third-order valence-corrected chi connectivity index (χ3v) is 3.83. The Hall–Kier alpha value is -3.63. The molecule has 0 saturated carbocycles. The Balaban J connectivity index is 0.000000209. The molecule has 7 nitrogen and oxygen atoms in total. The van der Waals surface area contributed by atoms with Crippen molar-refractivity contribution in [2.45, 2.75) is 13.5 Å². The molecule has 1 amide bonds. The van der Waals surface area contributed by atoms with Crippen molar-refractivity contribution in [3.8, 4) is 23.1 Å². The van der Waals surface area contributed by atoms with Crippen molar-refractivity contribution >= 4 is 23.7 Å². The topological polar surface area (TPSA) is 108 Å². The van der Waals surface area contributed by atoms with Crippen LogP contribution in [0.4, 0.5) is 5.69 Å². The second kappa shape index (κ2) is 9.90. The fourth-order valence-corrected chi connectivity index (χ4v) is 2.40. The van der Waals surface area contributed by atoms with Gasteiger partial charge in [-0.3, -0.25) is 9.59 Å². The number of phenols is 1. The van der Waals surface area contributed by atoms with Gasteiger partial charge in [0.25, 0.3) is 5.56 Å². The van der Waals surface area contributed by atoms with E-state index >= 15 is 0 Å². The van der Waals surface area contributed by atoms with Gasteiger partial charge < -0.3 is 10.4 Å². The van der Waals surface area contributed by atoms with Gasteiger partial charge in [0.05, 0.1) is 17.3 Å². The zero-order valence-electron chi connectivity index (χ0n) is 15.0. The zero-order chi connectivity index (χ0) is 20.5. The SMILES string of the molecule is CCn1nc(-c2ccc(Cl)cc2)ccc1=O.N#Cc1cc(O)cc(NC=O)c1. The maximum absolute atomic E-state index is 11.4. The first-order valence-electron chi connectivity index (χ1n) is 8.25. The fraction of sp³-hybridized carbons (Fsp3) is 0.100. The fourth-order valence-electron chi connectivity index (χ4n) is 2.28. The van der Waals surface area contributed by atoms with Crippen molar-refractivity contribution in [1.29, 1.82) is 5.26 Å². The molecule has 0 fully saturated rings. The summed E-state index contributed by atoms with van der Waals surface area (Å²) in [6.45, 7) is 2.46. The highest BCUT2D eigenvalue weighted by Gasteiger charge is 2.02. The first-order valence-corrected chi connectivity index (χ1v) is 8.63. The molecule has 0 saturated heterocycles. The maximum Gasteiger partial charge on any atom is 0.266 e. The summed E-state index contributed by atoms with van der Waals surface area (Å²) in [5.74, 6) is -0.0431. The summed E-state index contributed by atoms with van der Waals surface area (Å²) >= 11 is 5.81. The average Bonchev–Trinajstić information content (AvgIpc) is 2.69. The lowest BCUT2D eigenvalue weighted by atomic mass is 10.1. The van der Waals surface area contributed by atoms with Crippen LogP contribution in [0.15, 0.2) is 59.4 Å². The van der Waals surface area contributed by atoms with Crippen LogP contribution in [-0.2, 0) is 11.3 Å². The molecule has 0 aliphatic rings. The van der Waals surface area contributed by atoms with E-state index in [4.69, 9.17) is 22.0 Å². The van der Waals surface area contributed by atoms with Gasteiger partial charge in [-0.05, 0) is 37.3 Å². The van der Waals surface area contributed by atoms with Crippen LogP contribution in [-0.4, -0.2) is 21.3 Å². The lowest BCUT2D eigenvalue weighted by Gasteiger charge is -2.04. The number of benzene rings is 2. The number of anilines is 1. The number of aromatic nitrogens is 2. The molecule has 8 heteroatoms. The molecule has 0 atom stereocenters. The van der Waals surface area contributed by atoms with E-state index in [1.165, 1.54) is 28.9 Å². The standard InChI is InChI=1S/C12H11ClN2O.C8H6N2O2/c1-2-15-12(16)8-7-11(14-15)9-3-5-10(13)6-4-9;9-4-6-1-7(10-5-11)3-8(12)2-6/h3-8H,2H2,1H3;1-3,5,12H,(H,10,11). The number of rotatable bonds is 4. The van der Waals surface area contributed by atoms with E-state index in [9.17, 15) is 9.59 Å². The van der Waals surface area contributed by atoms with Gasteiger partial charge in [0, 0.05) is 35.0 Å². The number of hydrogen-bond donors (Lipinski definition) is 2. The molecule has 2 aromatic carbocycles. The minimum absolute atomic E-state index is 0.0431. The summed E-state index contributed by atoms with van der Waals surface area (Å²) in [6.07, 6.45) is 0.482. The summed E-state index contributed by atoms with van der Waals surface area (Å²) in [5, 5.41) is 24.8. The van der Waals surface area contributed by atoms with Crippen molar-refractivity contribution < 1.29 is 9.90 Å². The van der Waals surface area contributed by atoms with Crippen LogP contribution in [0.25, 0.3) is 11.3 Å². The number of nitriles is 1. The summed E-state index contributed by atoms with van der Waals surface area (Å²) in [4.78, 5) is 21.4. The van der Waals surface area contributed by atoms with Crippen LogP contribution in [0, 0.1) is 11.3 Å². The van der Waals surface area contributed by atoms with Crippen LogP contribution in [0.5, 0.6) is 5.75 Å². The predicted molar refractivity (Wildman–Crippen MR) is 107 cm³/mol. The van der Waals surface area contributed by atoms with Crippen molar-refractivity contribution in [1.82, 2.24) is 9.78 Å². The highest BCUT2D eigenvalue weighted by Crippen LogP contribution is 2.19. The lowest BCUT2D eigenvalue weighted by molar-refractivity contribution is -0.105. The predicted octanol–water partition coefficient (Wildman–Crippen LogP) is 3.42. The number of hydrogen-bond acceptors (Lipinski definition) is 5. The van der Waals surface area contributed by atoms with Gasteiger partial charge in [-0.15, -0.1) is 0 Å². The number of amides is 1. The van der Waals surface area contributed by atoms with E-state index in [0.717, 1.165) is 11.3 Å².